The van der Waals surface area contributed by atoms with E-state index < -0.39 is 11.9 Å². The van der Waals surface area contributed by atoms with Crippen molar-refractivity contribution in [2.24, 2.45) is 0 Å². The van der Waals surface area contributed by atoms with Crippen LogP contribution in [-0.2, 0) is 11.3 Å². The van der Waals surface area contributed by atoms with Crippen LogP contribution in [0.3, 0.4) is 0 Å². The van der Waals surface area contributed by atoms with Gasteiger partial charge in [-0.15, -0.1) is 0 Å². The third kappa shape index (κ3) is 1.20. The fourth-order valence-electron chi connectivity index (χ4n) is 3.04. The Morgan fingerprint density at radius 3 is 2.60 bits per heavy atom. The number of hydrogen-bond acceptors (Lipinski definition) is 3. The van der Waals surface area contributed by atoms with Gasteiger partial charge in [0.2, 0.25) is 0 Å². The Hall–Kier alpha value is -2.62. The van der Waals surface area contributed by atoms with Gasteiger partial charge in [0.25, 0.3) is 0 Å². The molecule has 0 aliphatic carbocycles. The molecule has 0 spiro atoms. The van der Waals surface area contributed by atoms with Crippen molar-refractivity contribution in [1.82, 2.24) is 4.57 Å². The molecule has 0 radical (unpaired) electrons. The van der Waals surface area contributed by atoms with Crippen LogP contribution in [0.2, 0.25) is 0 Å². The highest BCUT2D eigenvalue weighted by molar-refractivity contribution is 6.24. The lowest BCUT2D eigenvalue weighted by molar-refractivity contribution is 0.0444. The molecule has 0 atom stereocenters. The number of carbonyl (C=O) groups excluding carboxylic acids is 2. The summed E-state index contributed by atoms with van der Waals surface area (Å²) < 4.78 is 6.80. The molecule has 20 heavy (non-hydrogen) atoms. The van der Waals surface area contributed by atoms with Crippen LogP contribution >= 0.6 is 0 Å². The molecule has 0 unspecified atom stereocenters. The Labute approximate surface area is 114 Å². The first-order chi connectivity index (χ1) is 9.72. The van der Waals surface area contributed by atoms with E-state index in [0.29, 0.717) is 11.1 Å². The van der Waals surface area contributed by atoms with E-state index in [0.717, 1.165) is 28.4 Å². The Kier molecular flexibility index (Phi) is 2.07. The molecular weight excluding hydrogens is 254 g/mol. The average molecular weight is 265 g/mol. The summed E-state index contributed by atoms with van der Waals surface area (Å²) in [5.41, 5.74) is 2.61. The first kappa shape index (κ1) is 11.2. The SMILES string of the molecule is CCn1c2ccccc2c2ccc3c(c21)C(=O)OC3=O. The number of hydrogen-bond donors (Lipinski definition) is 0. The number of ether oxygens (including phenoxy) is 1. The summed E-state index contributed by atoms with van der Waals surface area (Å²) in [6.07, 6.45) is 0. The zero-order valence-corrected chi connectivity index (χ0v) is 10.8. The number of aromatic nitrogens is 1. The van der Waals surface area contributed by atoms with Crippen LogP contribution in [0.5, 0.6) is 0 Å². The number of nitrogens with zero attached hydrogens (tertiary/aromatic N) is 1. The number of para-hydroxylation sites is 1. The average Bonchev–Trinajstić information content (AvgIpc) is 2.94. The van der Waals surface area contributed by atoms with Gasteiger partial charge in [0.1, 0.15) is 0 Å². The molecule has 0 amide bonds. The fourth-order valence-corrected chi connectivity index (χ4v) is 3.04. The minimum atomic E-state index is -0.556. The first-order valence-electron chi connectivity index (χ1n) is 6.53. The van der Waals surface area contributed by atoms with Crippen molar-refractivity contribution >= 4 is 33.7 Å². The van der Waals surface area contributed by atoms with Crippen LogP contribution in [0.4, 0.5) is 0 Å². The molecule has 0 saturated carbocycles. The largest absolute Gasteiger partial charge is 0.386 e. The lowest BCUT2D eigenvalue weighted by Gasteiger charge is -2.04. The van der Waals surface area contributed by atoms with E-state index in [1.54, 1.807) is 6.07 Å². The molecule has 0 N–H and O–H groups in total. The number of carbonyl (C=O) groups is 2. The molecule has 1 aliphatic heterocycles. The highest BCUT2D eigenvalue weighted by atomic mass is 16.6. The van der Waals surface area contributed by atoms with Crippen LogP contribution in [0.15, 0.2) is 36.4 Å². The van der Waals surface area contributed by atoms with Crippen molar-refractivity contribution in [1.29, 1.82) is 0 Å². The molecule has 4 nitrogen and oxygen atoms in total. The number of aryl methyl sites for hydroxylation is 1. The first-order valence-corrected chi connectivity index (χ1v) is 6.53. The highest BCUT2D eigenvalue weighted by Crippen LogP contribution is 2.35. The zero-order chi connectivity index (χ0) is 13.9. The van der Waals surface area contributed by atoms with Crippen molar-refractivity contribution in [3.05, 3.63) is 47.5 Å². The number of rotatable bonds is 1. The molecule has 0 fully saturated rings. The van der Waals surface area contributed by atoms with E-state index in [4.69, 9.17) is 4.74 Å². The predicted molar refractivity (Wildman–Crippen MR) is 74.9 cm³/mol. The van der Waals surface area contributed by atoms with E-state index in [9.17, 15) is 9.59 Å². The minimum absolute atomic E-state index is 0.361. The third-order valence-corrected chi connectivity index (χ3v) is 3.86. The summed E-state index contributed by atoms with van der Waals surface area (Å²) >= 11 is 0. The van der Waals surface area contributed by atoms with Gasteiger partial charge in [0.15, 0.2) is 0 Å². The van der Waals surface area contributed by atoms with Gasteiger partial charge in [-0.2, -0.15) is 0 Å². The summed E-state index contributed by atoms with van der Waals surface area (Å²) in [6, 6.07) is 11.6. The van der Waals surface area contributed by atoms with Gasteiger partial charge in [0, 0.05) is 22.8 Å². The van der Waals surface area contributed by atoms with Crippen molar-refractivity contribution in [2.45, 2.75) is 13.5 Å². The number of cyclic esters (lactones) is 2. The van der Waals surface area contributed by atoms with Crippen LogP contribution in [0.25, 0.3) is 21.8 Å². The van der Waals surface area contributed by atoms with E-state index in [2.05, 4.69) is 4.57 Å². The van der Waals surface area contributed by atoms with E-state index in [-0.39, 0.29) is 0 Å². The van der Waals surface area contributed by atoms with E-state index in [1.807, 2.05) is 37.3 Å². The predicted octanol–water partition coefficient (Wildman–Crippen LogP) is 3.13. The normalized spacial score (nSPS) is 14.1. The van der Waals surface area contributed by atoms with Gasteiger partial charge in [-0.05, 0) is 19.1 Å². The molecule has 2 aromatic carbocycles. The maximum absolute atomic E-state index is 12.0. The van der Waals surface area contributed by atoms with Crippen LogP contribution in [-0.4, -0.2) is 16.5 Å². The van der Waals surface area contributed by atoms with Crippen LogP contribution < -0.4 is 0 Å². The molecule has 98 valence electrons. The Balaban J connectivity index is 2.30. The maximum atomic E-state index is 12.0. The summed E-state index contributed by atoms with van der Waals surface area (Å²) in [4.78, 5) is 23.7. The van der Waals surface area contributed by atoms with Gasteiger partial charge < -0.3 is 9.30 Å². The smallest absolute Gasteiger partial charge is 0.349 e. The molecular formula is C16H11NO3. The van der Waals surface area contributed by atoms with E-state index in [1.165, 1.54) is 0 Å². The van der Waals surface area contributed by atoms with Crippen molar-refractivity contribution in [3.63, 3.8) is 0 Å². The summed E-state index contributed by atoms with van der Waals surface area (Å²) in [5, 5.41) is 2.06. The Bertz CT molecular complexity index is 905. The second-order valence-electron chi connectivity index (χ2n) is 4.82. The molecule has 1 aliphatic rings. The van der Waals surface area contributed by atoms with Crippen LogP contribution in [0, 0.1) is 0 Å². The standard InChI is InChI=1S/C16H11NO3/c1-2-17-12-6-4-3-5-9(12)10-7-8-11-13(14(10)17)16(19)20-15(11)18/h3-8H,2H2,1H3. The second-order valence-corrected chi connectivity index (χ2v) is 4.82. The van der Waals surface area contributed by atoms with Gasteiger partial charge in [0.05, 0.1) is 16.6 Å². The molecule has 4 heteroatoms. The van der Waals surface area contributed by atoms with Crippen molar-refractivity contribution < 1.29 is 14.3 Å². The lowest BCUT2D eigenvalue weighted by atomic mass is 10.0. The molecule has 4 rings (SSSR count). The van der Waals surface area contributed by atoms with Gasteiger partial charge in [-0.1, -0.05) is 24.3 Å². The minimum Gasteiger partial charge on any atom is -0.386 e. The Morgan fingerprint density at radius 1 is 1.00 bits per heavy atom. The molecule has 2 heterocycles. The van der Waals surface area contributed by atoms with Gasteiger partial charge in [-0.25, -0.2) is 9.59 Å². The quantitative estimate of drug-likeness (QED) is 0.501. The highest BCUT2D eigenvalue weighted by Gasteiger charge is 2.33. The van der Waals surface area contributed by atoms with Crippen molar-refractivity contribution in [2.75, 3.05) is 0 Å². The van der Waals surface area contributed by atoms with E-state index >= 15 is 0 Å². The second kappa shape index (κ2) is 3.70. The van der Waals surface area contributed by atoms with Crippen LogP contribution in [0.1, 0.15) is 27.6 Å². The van der Waals surface area contributed by atoms with Gasteiger partial charge in [-0.3, -0.25) is 0 Å². The maximum Gasteiger partial charge on any atom is 0.349 e. The summed E-state index contributed by atoms with van der Waals surface area (Å²) in [6.45, 7) is 2.75. The summed E-state index contributed by atoms with van der Waals surface area (Å²) in [7, 11) is 0. The number of benzene rings is 2. The third-order valence-electron chi connectivity index (χ3n) is 3.86. The Morgan fingerprint density at radius 2 is 1.80 bits per heavy atom. The number of esters is 2. The monoisotopic (exact) mass is 265 g/mol. The molecule has 0 bridgehead atoms. The molecule has 3 aromatic rings. The molecule has 1 aromatic heterocycles. The number of fused-ring (bicyclic) bond motifs is 5. The topological polar surface area (TPSA) is 48.3 Å². The fraction of sp³-hybridized carbons (Fsp3) is 0.125. The molecule has 0 saturated heterocycles. The van der Waals surface area contributed by atoms with Crippen molar-refractivity contribution in [3.8, 4) is 0 Å². The zero-order valence-electron chi connectivity index (χ0n) is 10.8. The van der Waals surface area contributed by atoms with Gasteiger partial charge >= 0.3 is 11.9 Å². The summed E-state index contributed by atoms with van der Waals surface area (Å²) in [5.74, 6) is -1.10. The lowest BCUT2D eigenvalue weighted by Crippen LogP contribution is -2.01.